The Hall–Kier alpha value is -1.86. The molecular formula is C17H13BrFNO3S. The normalized spacial score (nSPS) is 16.2. The number of fused-ring (bicyclic) bond motifs is 1. The van der Waals surface area contributed by atoms with Crippen LogP contribution in [0.5, 0.6) is 0 Å². The molecule has 0 aromatic heterocycles. The number of anilines is 1. The molecule has 0 unspecified atom stereocenters. The predicted molar refractivity (Wildman–Crippen MR) is 93.2 cm³/mol. The van der Waals surface area contributed by atoms with Crippen molar-refractivity contribution in [1.29, 1.82) is 0 Å². The van der Waals surface area contributed by atoms with Gasteiger partial charge < -0.3 is 10.1 Å². The zero-order valence-electron chi connectivity index (χ0n) is 12.4. The highest BCUT2D eigenvalue weighted by molar-refractivity contribution is 9.10. The number of thioether (sulfide) groups is 1. The third kappa shape index (κ3) is 3.96. The molecule has 0 aliphatic carbocycles. The van der Waals surface area contributed by atoms with Gasteiger partial charge >= 0.3 is 5.97 Å². The number of nitrogens with one attached hydrogen (secondary N) is 1. The van der Waals surface area contributed by atoms with Gasteiger partial charge in [0.15, 0.2) is 0 Å². The van der Waals surface area contributed by atoms with E-state index in [-0.39, 0.29) is 24.5 Å². The molecule has 124 valence electrons. The summed E-state index contributed by atoms with van der Waals surface area (Å²) in [7, 11) is 0. The van der Waals surface area contributed by atoms with E-state index in [0.29, 0.717) is 4.47 Å². The number of carbonyl (C=O) groups is 2. The van der Waals surface area contributed by atoms with E-state index in [0.717, 1.165) is 10.6 Å². The van der Waals surface area contributed by atoms with E-state index in [1.165, 1.54) is 17.8 Å². The highest BCUT2D eigenvalue weighted by Crippen LogP contribution is 2.36. The van der Waals surface area contributed by atoms with E-state index in [9.17, 15) is 14.0 Å². The standard InChI is InChI=1S/C17H13BrFNO3S/c18-11-6-5-10(12(19)7-11)9-23-16(21)8-15-17(22)20-13-3-1-2-4-14(13)24-15/h1-7,15H,8-9H2,(H,20,22)/t15-/m1/s1. The Morgan fingerprint density at radius 2 is 2.08 bits per heavy atom. The van der Waals surface area contributed by atoms with Crippen LogP contribution in [0.15, 0.2) is 51.8 Å². The number of halogens is 2. The topological polar surface area (TPSA) is 55.4 Å². The van der Waals surface area contributed by atoms with Crippen molar-refractivity contribution in [3.8, 4) is 0 Å². The summed E-state index contributed by atoms with van der Waals surface area (Å²) in [6.45, 7) is -0.159. The first kappa shape index (κ1) is 17.0. The van der Waals surface area contributed by atoms with Gasteiger partial charge in [-0.05, 0) is 24.3 Å². The molecule has 1 heterocycles. The first-order valence-electron chi connectivity index (χ1n) is 7.19. The fourth-order valence-corrected chi connectivity index (χ4v) is 3.66. The molecule has 0 saturated carbocycles. The number of ether oxygens (including phenoxy) is 1. The quantitative estimate of drug-likeness (QED) is 0.771. The van der Waals surface area contributed by atoms with E-state index in [2.05, 4.69) is 21.2 Å². The number of hydrogen-bond acceptors (Lipinski definition) is 4. The summed E-state index contributed by atoms with van der Waals surface area (Å²) in [6.07, 6.45) is -0.0665. The highest BCUT2D eigenvalue weighted by atomic mass is 79.9. The van der Waals surface area contributed by atoms with Crippen LogP contribution in [0.2, 0.25) is 0 Å². The number of rotatable bonds is 4. The van der Waals surface area contributed by atoms with Crippen molar-refractivity contribution < 1.29 is 18.7 Å². The van der Waals surface area contributed by atoms with Gasteiger partial charge in [0.25, 0.3) is 0 Å². The molecular weight excluding hydrogens is 397 g/mol. The maximum absolute atomic E-state index is 13.7. The van der Waals surface area contributed by atoms with E-state index in [1.54, 1.807) is 12.1 Å². The zero-order chi connectivity index (χ0) is 17.1. The Morgan fingerprint density at radius 3 is 2.88 bits per heavy atom. The number of benzene rings is 2. The summed E-state index contributed by atoms with van der Waals surface area (Å²) in [6, 6.07) is 11.9. The molecule has 1 aliphatic rings. The number of hydrogen-bond donors (Lipinski definition) is 1. The van der Waals surface area contributed by atoms with Crippen LogP contribution in [-0.2, 0) is 20.9 Å². The number of esters is 1. The van der Waals surface area contributed by atoms with Gasteiger partial charge in [0.05, 0.1) is 17.4 Å². The molecule has 2 aromatic carbocycles. The highest BCUT2D eigenvalue weighted by Gasteiger charge is 2.29. The van der Waals surface area contributed by atoms with Crippen LogP contribution in [0, 0.1) is 5.82 Å². The molecule has 0 radical (unpaired) electrons. The third-order valence-corrected chi connectivity index (χ3v) is 5.23. The van der Waals surface area contributed by atoms with E-state index in [4.69, 9.17) is 4.74 Å². The van der Waals surface area contributed by atoms with Crippen molar-refractivity contribution in [2.45, 2.75) is 23.2 Å². The third-order valence-electron chi connectivity index (χ3n) is 3.46. The second-order valence-corrected chi connectivity index (χ2v) is 7.35. The molecule has 4 nitrogen and oxygen atoms in total. The van der Waals surface area contributed by atoms with E-state index < -0.39 is 17.0 Å². The Balaban J connectivity index is 1.58. The van der Waals surface area contributed by atoms with Crippen LogP contribution in [-0.4, -0.2) is 17.1 Å². The van der Waals surface area contributed by atoms with Gasteiger partial charge in [-0.15, -0.1) is 11.8 Å². The monoisotopic (exact) mass is 409 g/mol. The fourth-order valence-electron chi connectivity index (χ4n) is 2.23. The molecule has 24 heavy (non-hydrogen) atoms. The van der Waals surface area contributed by atoms with Crippen LogP contribution >= 0.6 is 27.7 Å². The van der Waals surface area contributed by atoms with Crippen molar-refractivity contribution >= 4 is 45.3 Å². The van der Waals surface area contributed by atoms with Crippen LogP contribution in [0.4, 0.5) is 10.1 Å². The first-order chi connectivity index (χ1) is 11.5. The number of para-hydroxylation sites is 1. The lowest BCUT2D eigenvalue weighted by atomic mass is 10.2. The molecule has 1 aliphatic heterocycles. The fraction of sp³-hybridized carbons (Fsp3) is 0.176. The van der Waals surface area contributed by atoms with Crippen molar-refractivity contribution in [3.63, 3.8) is 0 Å². The zero-order valence-corrected chi connectivity index (χ0v) is 14.8. The molecule has 1 N–H and O–H groups in total. The predicted octanol–water partition coefficient (Wildman–Crippen LogP) is 4.13. The van der Waals surface area contributed by atoms with E-state index >= 15 is 0 Å². The summed E-state index contributed by atoms with van der Waals surface area (Å²) in [5, 5.41) is 2.22. The molecule has 3 rings (SSSR count). The SMILES string of the molecule is O=C(C[C@H]1Sc2ccccc2NC1=O)OCc1ccc(Br)cc1F. The molecule has 1 amide bonds. The lowest BCUT2D eigenvalue weighted by molar-refractivity contribution is -0.145. The van der Waals surface area contributed by atoms with Crippen LogP contribution in [0.25, 0.3) is 0 Å². The van der Waals surface area contributed by atoms with Crippen molar-refractivity contribution in [2.24, 2.45) is 0 Å². The summed E-state index contributed by atoms with van der Waals surface area (Å²) in [4.78, 5) is 24.9. The second-order valence-electron chi connectivity index (χ2n) is 5.19. The maximum Gasteiger partial charge on any atom is 0.307 e. The van der Waals surface area contributed by atoms with Gasteiger partial charge in [-0.3, -0.25) is 9.59 Å². The minimum absolute atomic E-state index is 0.0665. The van der Waals surface area contributed by atoms with Gasteiger partial charge in [0.2, 0.25) is 5.91 Å². The smallest absolute Gasteiger partial charge is 0.307 e. The molecule has 0 spiro atoms. The summed E-state index contributed by atoms with van der Waals surface area (Å²) >= 11 is 4.49. The molecule has 0 fully saturated rings. The molecule has 0 bridgehead atoms. The van der Waals surface area contributed by atoms with Gasteiger partial charge in [-0.1, -0.05) is 34.1 Å². The van der Waals surface area contributed by atoms with Gasteiger partial charge in [-0.25, -0.2) is 4.39 Å². The van der Waals surface area contributed by atoms with Crippen LogP contribution < -0.4 is 5.32 Å². The minimum Gasteiger partial charge on any atom is -0.461 e. The summed E-state index contributed by atoms with van der Waals surface area (Å²) < 4.78 is 19.4. The van der Waals surface area contributed by atoms with Crippen molar-refractivity contribution in [2.75, 3.05) is 5.32 Å². The molecule has 1 atom stereocenters. The minimum atomic E-state index is -0.554. The molecule has 2 aromatic rings. The van der Waals surface area contributed by atoms with Crippen molar-refractivity contribution in [3.05, 3.63) is 58.3 Å². The van der Waals surface area contributed by atoms with Crippen LogP contribution in [0.1, 0.15) is 12.0 Å². The summed E-state index contributed by atoms with van der Waals surface area (Å²) in [5.74, 6) is -1.22. The van der Waals surface area contributed by atoms with Gasteiger partial charge in [0.1, 0.15) is 12.4 Å². The molecule has 7 heteroatoms. The Labute approximate surface area is 150 Å². The Kier molecular flexibility index (Phi) is 5.20. The first-order valence-corrected chi connectivity index (χ1v) is 8.86. The van der Waals surface area contributed by atoms with E-state index in [1.807, 2.05) is 24.3 Å². The average molecular weight is 410 g/mol. The van der Waals surface area contributed by atoms with Gasteiger partial charge in [0, 0.05) is 14.9 Å². The lowest BCUT2D eigenvalue weighted by Crippen LogP contribution is -2.31. The Bertz CT molecular complexity index is 799. The largest absolute Gasteiger partial charge is 0.461 e. The van der Waals surface area contributed by atoms with Crippen molar-refractivity contribution in [1.82, 2.24) is 0 Å². The summed E-state index contributed by atoms with van der Waals surface area (Å²) in [5.41, 5.74) is 1.03. The van der Waals surface area contributed by atoms with Gasteiger partial charge in [-0.2, -0.15) is 0 Å². The second kappa shape index (κ2) is 7.36. The maximum atomic E-state index is 13.7. The number of carbonyl (C=O) groups excluding carboxylic acids is 2. The average Bonchev–Trinajstić information content (AvgIpc) is 2.55. The Morgan fingerprint density at radius 1 is 1.29 bits per heavy atom. The lowest BCUT2D eigenvalue weighted by Gasteiger charge is -2.23. The number of amides is 1. The van der Waals surface area contributed by atoms with Crippen LogP contribution in [0.3, 0.4) is 0 Å². The molecule has 0 saturated heterocycles.